The van der Waals surface area contributed by atoms with E-state index in [1.165, 1.54) is 0 Å². The summed E-state index contributed by atoms with van der Waals surface area (Å²) in [5.41, 5.74) is 0.883. The predicted octanol–water partition coefficient (Wildman–Crippen LogP) is 1.24. The van der Waals surface area contributed by atoms with Gasteiger partial charge in [0.05, 0.1) is 5.52 Å². The molecule has 1 aromatic heterocycles. The topological polar surface area (TPSA) is 70.2 Å². The summed E-state index contributed by atoms with van der Waals surface area (Å²) < 4.78 is 0. The molecule has 0 atom stereocenters. The quantitative estimate of drug-likeness (QED) is 0.858. The normalized spacial score (nSPS) is 10.3. The van der Waals surface area contributed by atoms with Crippen LogP contribution in [-0.4, -0.2) is 43.6 Å². The van der Waals surface area contributed by atoms with Gasteiger partial charge in [-0.15, -0.1) is 0 Å². The highest BCUT2D eigenvalue weighted by Gasteiger charge is 2.11. The van der Waals surface area contributed by atoms with E-state index in [4.69, 9.17) is 0 Å². The van der Waals surface area contributed by atoms with E-state index >= 15 is 0 Å². The van der Waals surface area contributed by atoms with Crippen molar-refractivity contribution in [3.63, 3.8) is 0 Å². The van der Waals surface area contributed by atoms with Crippen LogP contribution in [0.3, 0.4) is 0 Å². The molecule has 20 heavy (non-hydrogen) atoms. The van der Waals surface area contributed by atoms with E-state index in [9.17, 15) is 4.79 Å². The van der Waals surface area contributed by atoms with E-state index < -0.39 is 0 Å². The highest BCUT2D eigenvalue weighted by Crippen LogP contribution is 2.24. The Labute approximate surface area is 118 Å². The van der Waals surface area contributed by atoms with Gasteiger partial charge in [0.15, 0.2) is 0 Å². The Hall–Kier alpha value is -2.37. The van der Waals surface area contributed by atoms with E-state index in [2.05, 4.69) is 20.6 Å². The summed E-state index contributed by atoms with van der Waals surface area (Å²) in [6, 6.07) is 7.85. The number of anilines is 2. The Morgan fingerprint density at radius 2 is 2.00 bits per heavy atom. The summed E-state index contributed by atoms with van der Waals surface area (Å²) in [5.74, 6) is 1.42. The third-order valence-electron chi connectivity index (χ3n) is 3.12. The first-order valence-electron chi connectivity index (χ1n) is 6.52. The van der Waals surface area contributed by atoms with E-state index in [0.29, 0.717) is 18.9 Å². The molecule has 0 aliphatic carbocycles. The van der Waals surface area contributed by atoms with E-state index in [1.54, 1.807) is 14.1 Å². The Bertz CT molecular complexity index is 614. The third-order valence-corrected chi connectivity index (χ3v) is 3.12. The molecule has 6 nitrogen and oxygen atoms in total. The minimum atomic E-state index is 0.0176. The second kappa shape index (κ2) is 6.18. The highest BCUT2D eigenvalue weighted by atomic mass is 16.1. The number of carbonyl (C=O) groups excluding carboxylic acids is 1. The first kappa shape index (κ1) is 14.0. The van der Waals surface area contributed by atoms with E-state index in [1.807, 2.05) is 36.2 Å². The van der Waals surface area contributed by atoms with Gasteiger partial charge in [0, 0.05) is 39.5 Å². The highest BCUT2D eigenvalue weighted by molar-refractivity contribution is 5.90. The van der Waals surface area contributed by atoms with Gasteiger partial charge in [0.2, 0.25) is 11.9 Å². The Morgan fingerprint density at radius 1 is 1.25 bits per heavy atom. The number of fused-ring (bicyclic) bond motifs is 1. The maximum absolute atomic E-state index is 11.4. The van der Waals surface area contributed by atoms with Crippen molar-refractivity contribution < 1.29 is 4.79 Å². The number of carbonyl (C=O) groups is 1. The first-order chi connectivity index (χ1) is 9.65. The standard InChI is InChI=1S/C14H19N5O/c1-15-12(20)8-9-19(3)13-10-6-4-5-7-11(10)17-14(16-2)18-13/h4-7H,8-9H2,1-3H3,(H,15,20)(H,16,17,18). The van der Waals surface area contributed by atoms with Gasteiger partial charge in [-0.05, 0) is 12.1 Å². The summed E-state index contributed by atoms with van der Waals surface area (Å²) in [6.45, 7) is 0.601. The van der Waals surface area contributed by atoms with Crippen molar-refractivity contribution in [1.29, 1.82) is 0 Å². The van der Waals surface area contributed by atoms with Crippen molar-refractivity contribution in [3.8, 4) is 0 Å². The summed E-state index contributed by atoms with van der Waals surface area (Å²) in [6.07, 6.45) is 0.431. The number of nitrogens with one attached hydrogen (secondary N) is 2. The molecule has 0 aliphatic rings. The van der Waals surface area contributed by atoms with E-state index in [0.717, 1.165) is 16.7 Å². The van der Waals surface area contributed by atoms with Crippen LogP contribution in [0.15, 0.2) is 24.3 Å². The Morgan fingerprint density at radius 3 is 2.70 bits per heavy atom. The fourth-order valence-corrected chi connectivity index (χ4v) is 1.96. The second-order valence-electron chi connectivity index (χ2n) is 4.48. The molecule has 0 bridgehead atoms. The molecule has 0 spiro atoms. The van der Waals surface area contributed by atoms with Crippen LogP contribution in [0.25, 0.3) is 10.9 Å². The number of hydrogen-bond donors (Lipinski definition) is 2. The fourth-order valence-electron chi connectivity index (χ4n) is 1.96. The van der Waals surface area contributed by atoms with Crippen molar-refractivity contribution in [2.75, 3.05) is 37.9 Å². The van der Waals surface area contributed by atoms with Crippen molar-refractivity contribution in [2.45, 2.75) is 6.42 Å². The smallest absolute Gasteiger partial charge is 0.224 e. The maximum Gasteiger partial charge on any atom is 0.224 e. The number of hydrogen-bond acceptors (Lipinski definition) is 5. The lowest BCUT2D eigenvalue weighted by Gasteiger charge is -2.20. The van der Waals surface area contributed by atoms with Crippen LogP contribution >= 0.6 is 0 Å². The molecular formula is C14H19N5O. The van der Waals surface area contributed by atoms with Crippen molar-refractivity contribution >= 4 is 28.6 Å². The van der Waals surface area contributed by atoms with Crippen molar-refractivity contribution in [2.24, 2.45) is 0 Å². The molecule has 2 rings (SSSR count). The molecule has 6 heteroatoms. The lowest BCUT2D eigenvalue weighted by Crippen LogP contribution is -2.27. The number of nitrogens with zero attached hydrogens (tertiary/aromatic N) is 3. The van der Waals surface area contributed by atoms with Gasteiger partial charge < -0.3 is 15.5 Å². The minimum Gasteiger partial charge on any atom is -0.359 e. The zero-order chi connectivity index (χ0) is 14.5. The molecule has 0 fully saturated rings. The molecule has 1 aromatic carbocycles. The van der Waals surface area contributed by atoms with Crippen molar-refractivity contribution in [3.05, 3.63) is 24.3 Å². The Balaban J connectivity index is 2.33. The van der Waals surface area contributed by atoms with E-state index in [-0.39, 0.29) is 5.91 Å². The molecule has 0 unspecified atom stereocenters. The van der Waals surface area contributed by atoms with Crippen LogP contribution in [0.4, 0.5) is 11.8 Å². The van der Waals surface area contributed by atoms with Crippen LogP contribution < -0.4 is 15.5 Å². The summed E-state index contributed by atoms with van der Waals surface area (Å²) >= 11 is 0. The number of rotatable bonds is 5. The minimum absolute atomic E-state index is 0.0176. The zero-order valence-electron chi connectivity index (χ0n) is 12.0. The summed E-state index contributed by atoms with van der Waals surface area (Å²) in [7, 11) is 5.36. The number of para-hydroxylation sites is 1. The Kier molecular flexibility index (Phi) is 4.34. The number of amides is 1. The summed E-state index contributed by atoms with van der Waals surface area (Å²) in [5, 5.41) is 6.56. The average molecular weight is 273 g/mol. The molecule has 0 radical (unpaired) electrons. The van der Waals surface area contributed by atoms with Gasteiger partial charge in [0.25, 0.3) is 0 Å². The average Bonchev–Trinajstić information content (AvgIpc) is 2.50. The van der Waals surface area contributed by atoms with Crippen molar-refractivity contribution in [1.82, 2.24) is 15.3 Å². The van der Waals surface area contributed by atoms with Crippen LogP contribution in [0.1, 0.15) is 6.42 Å². The predicted molar refractivity (Wildman–Crippen MR) is 81.0 cm³/mol. The maximum atomic E-state index is 11.4. The largest absolute Gasteiger partial charge is 0.359 e. The van der Waals surface area contributed by atoms with Crippen LogP contribution in [0.5, 0.6) is 0 Å². The first-order valence-corrected chi connectivity index (χ1v) is 6.52. The van der Waals surface area contributed by atoms with Gasteiger partial charge in [-0.2, -0.15) is 4.98 Å². The second-order valence-corrected chi connectivity index (χ2v) is 4.48. The summed E-state index contributed by atoms with van der Waals surface area (Å²) in [4.78, 5) is 22.2. The molecule has 1 amide bonds. The fraction of sp³-hybridized carbons (Fsp3) is 0.357. The zero-order valence-corrected chi connectivity index (χ0v) is 12.0. The molecule has 2 aromatic rings. The third kappa shape index (κ3) is 2.96. The molecule has 106 valence electrons. The van der Waals surface area contributed by atoms with Gasteiger partial charge >= 0.3 is 0 Å². The molecule has 0 saturated heterocycles. The van der Waals surface area contributed by atoms with Crippen LogP contribution in [0, 0.1) is 0 Å². The molecule has 1 heterocycles. The lowest BCUT2D eigenvalue weighted by atomic mass is 10.2. The molecular weight excluding hydrogens is 254 g/mol. The van der Waals surface area contributed by atoms with Crippen LogP contribution in [-0.2, 0) is 4.79 Å². The van der Waals surface area contributed by atoms with Gasteiger partial charge in [-0.3, -0.25) is 4.79 Å². The molecule has 0 saturated carbocycles. The van der Waals surface area contributed by atoms with Gasteiger partial charge in [-0.25, -0.2) is 4.98 Å². The molecule has 0 aliphatic heterocycles. The SMILES string of the molecule is CNC(=O)CCN(C)c1nc(NC)nc2ccccc12. The van der Waals surface area contributed by atoms with Gasteiger partial charge in [0.1, 0.15) is 5.82 Å². The molecule has 2 N–H and O–H groups in total. The number of benzene rings is 1. The monoisotopic (exact) mass is 273 g/mol. The lowest BCUT2D eigenvalue weighted by molar-refractivity contribution is -0.120. The number of aromatic nitrogens is 2. The van der Waals surface area contributed by atoms with Crippen LogP contribution in [0.2, 0.25) is 0 Å². The van der Waals surface area contributed by atoms with Gasteiger partial charge in [-0.1, -0.05) is 12.1 Å².